The lowest BCUT2D eigenvalue weighted by atomic mass is 9.99. The van der Waals surface area contributed by atoms with Crippen molar-refractivity contribution >= 4 is 0 Å². The second-order valence-electron chi connectivity index (χ2n) is 5.33. The number of aromatic amines is 1. The van der Waals surface area contributed by atoms with Crippen molar-refractivity contribution in [3.8, 4) is 0 Å². The van der Waals surface area contributed by atoms with Crippen molar-refractivity contribution in [1.82, 2.24) is 14.9 Å². The van der Waals surface area contributed by atoms with E-state index in [4.69, 9.17) is 0 Å². The van der Waals surface area contributed by atoms with Crippen LogP contribution in [-0.2, 0) is 13.1 Å². The fourth-order valence-electron chi connectivity index (χ4n) is 2.90. The van der Waals surface area contributed by atoms with Gasteiger partial charge < -0.3 is 4.98 Å². The van der Waals surface area contributed by atoms with Crippen molar-refractivity contribution in [2.24, 2.45) is 0 Å². The lowest BCUT2D eigenvalue weighted by Gasteiger charge is -2.19. The van der Waals surface area contributed by atoms with Gasteiger partial charge in [-0.3, -0.25) is 9.69 Å². The van der Waals surface area contributed by atoms with Gasteiger partial charge in [-0.15, -0.1) is 0 Å². The van der Waals surface area contributed by atoms with Crippen LogP contribution in [0.2, 0.25) is 0 Å². The highest BCUT2D eigenvalue weighted by molar-refractivity contribution is 5.23. The third-order valence-electron chi connectivity index (χ3n) is 3.79. The molecule has 1 aliphatic carbocycles. The average Bonchev–Trinajstić information content (AvgIpc) is 2.73. The van der Waals surface area contributed by atoms with Crippen LogP contribution in [-0.4, -0.2) is 21.4 Å². The number of nitrogens with one attached hydrogen (secondary N) is 1. The monoisotopic (exact) mass is 245 g/mol. The van der Waals surface area contributed by atoms with Crippen LogP contribution in [0.4, 0.5) is 0 Å². The number of aromatic nitrogens is 2. The molecule has 18 heavy (non-hydrogen) atoms. The third-order valence-corrected chi connectivity index (χ3v) is 3.79. The van der Waals surface area contributed by atoms with Gasteiger partial charge in [0.2, 0.25) is 0 Å². The number of H-pyrrole nitrogens is 1. The first-order chi connectivity index (χ1) is 8.72. The molecule has 0 radical (unpaired) electrons. The Labute approximate surface area is 107 Å². The molecule has 0 saturated heterocycles. The molecule has 0 bridgehead atoms. The predicted molar refractivity (Wildman–Crippen MR) is 70.3 cm³/mol. The molecule has 0 aromatic carbocycles. The van der Waals surface area contributed by atoms with Crippen molar-refractivity contribution in [2.45, 2.75) is 45.7 Å². The first-order valence-corrected chi connectivity index (χ1v) is 6.71. The van der Waals surface area contributed by atoms with Crippen molar-refractivity contribution < 1.29 is 0 Å². The third kappa shape index (κ3) is 2.25. The number of aryl methyl sites for hydroxylation is 1. The number of fused-ring (bicyclic) bond motifs is 1. The Balaban J connectivity index is 1.75. The highest BCUT2D eigenvalue weighted by Crippen LogP contribution is 2.23. The smallest absolute Gasteiger partial charge is 0.255 e. The summed E-state index contributed by atoms with van der Waals surface area (Å²) in [6.45, 7) is 4.40. The minimum absolute atomic E-state index is 0.0395. The summed E-state index contributed by atoms with van der Waals surface area (Å²) in [4.78, 5) is 21.4. The minimum atomic E-state index is 0.0395. The summed E-state index contributed by atoms with van der Waals surface area (Å²) in [7, 11) is 0. The number of hydrogen-bond donors (Lipinski definition) is 1. The van der Waals surface area contributed by atoms with Gasteiger partial charge in [-0.25, -0.2) is 4.98 Å². The molecule has 0 unspecified atom stereocenters. The van der Waals surface area contributed by atoms with Crippen LogP contribution in [0.1, 0.15) is 42.8 Å². The van der Waals surface area contributed by atoms with E-state index in [0.717, 1.165) is 36.7 Å². The molecule has 2 heterocycles. The Morgan fingerprint density at radius 2 is 2.28 bits per heavy atom. The molecule has 3 rings (SSSR count). The lowest BCUT2D eigenvalue weighted by molar-refractivity contribution is 0.302. The van der Waals surface area contributed by atoms with E-state index in [1.54, 1.807) is 0 Å². The van der Waals surface area contributed by atoms with Crippen molar-refractivity contribution in [1.29, 1.82) is 0 Å². The van der Waals surface area contributed by atoms with Gasteiger partial charge >= 0.3 is 0 Å². The highest BCUT2D eigenvalue weighted by Gasteiger charge is 2.24. The van der Waals surface area contributed by atoms with Crippen molar-refractivity contribution in [2.75, 3.05) is 6.54 Å². The molecule has 1 N–H and O–H groups in total. The van der Waals surface area contributed by atoms with Gasteiger partial charge in [-0.2, -0.15) is 0 Å². The van der Waals surface area contributed by atoms with Gasteiger partial charge in [0.25, 0.3) is 5.56 Å². The summed E-state index contributed by atoms with van der Waals surface area (Å²) < 4.78 is 0. The summed E-state index contributed by atoms with van der Waals surface area (Å²) in [5.74, 6) is 0.720. The summed E-state index contributed by atoms with van der Waals surface area (Å²) in [6.07, 6.45) is 7.44. The zero-order valence-corrected chi connectivity index (χ0v) is 10.8. The summed E-state index contributed by atoms with van der Waals surface area (Å²) in [5.41, 5.74) is 3.39. The SMILES string of the molecule is Cc1nc2c(c(=O)[nH]1)CN(CC1=CCCCC1)C2. The van der Waals surface area contributed by atoms with Crippen molar-refractivity contribution in [3.63, 3.8) is 0 Å². The molecular weight excluding hydrogens is 226 g/mol. The zero-order chi connectivity index (χ0) is 12.5. The lowest BCUT2D eigenvalue weighted by Crippen LogP contribution is -2.21. The number of rotatable bonds is 2. The Hall–Kier alpha value is -1.42. The maximum atomic E-state index is 11.8. The minimum Gasteiger partial charge on any atom is -0.310 e. The van der Waals surface area contributed by atoms with E-state index in [1.165, 1.54) is 31.3 Å². The van der Waals surface area contributed by atoms with Gasteiger partial charge in [0, 0.05) is 19.6 Å². The topological polar surface area (TPSA) is 49.0 Å². The number of allylic oxidation sites excluding steroid dienone is 1. The average molecular weight is 245 g/mol. The quantitative estimate of drug-likeness (QED) is 0.809. The van der Waals surface area contributed by atoms with Crippen LogP contribution >= 0.6 is 0 Å². The Kier molecular flexibility index (Phi) is 3.04. The molecule has 0 fully saturated rings. The van der Waals surface area contributed by atoms with Gasteiger partial charge in [0.1, 0.15) is 5.82 Å². The van der Waals surface area contributed by atoms with E-state index in [-0.39, 0.29) is 5.56 Å². The predicted octanol–water partition coefficient (Wildman–Crippen LogP) is 1.89. The first-order valence-electron chi connectivity index (χ1n) is 6.71. The summed E-state index contributed by atoms with van der Waals surface area (Å²) >= 11 is 0. The van der Waals surface area contributed by atoms with Gasteiger partial charge in [-0.05, 0) is 32.6 Å². The standard InChI is InChI=1S/C14H19N3O/c1-10-15-13-9-17(8-12(13)14(18)16-10)7-11-5-3-2-4-6-11/h5H,2-4,6-9H2,1H3,(H,15,16,18). The van der Waals surface area contributed by atoms with E-state index in [1.807, 2.05) is 6.92 Å². The Morgan fingerprint density at radius 1 is 1.39 bits per heavy atom. The second-order valence-corrected chi connectivity index (χ2v) is 5.33. The Morgan fingerprint density at radius 3 is 3.06 bits per heavy atom. The number of hydrogen-bond acceptors (Lipinski definition) is 3. The van der Waals surface area contributed by atoms with Gasteiger partial charge in [-0.1, -0.05) is 11.6 Å². The zero-order valence-electron chi connectivity index (χ0n) is 10.8. The maximum Gasteiger partial charge on any atom is 0.255 e. The van der Waals surface area contributed by atoms with Crippen LogP contribution in [0.3, 0.4) is 0 Å². The molecular formula is C14H19N3O. The molecule has 0 saturated carbocycles. The van der Waals surface area contributed by atoms with E-state index in [9.17, 15) is 4.79 Å². The normalized spacial score (nSPS) is 19.7. The molecule has 4 heteroatoms. The van der Waals surface area contributed by atoms with Gasteiger partial charge in [0.05, 0.1) is 11.3 Å². The largest absolute Gasteiger partial charge is 0.310 e. The molecule has 0 spiro atoms. The van der Waals surface area contributed by atoms with E-state index in [0.29, 0.717) is 0 Å². The fourth-order valence-corrected chi connectivity index (χ4v) is 2.90. The van der Waals surface area contributed by atoms with Crippen molar-refractivity contribution in [3.05, 3.63) is 39.1 Å². The number of nitrogens with zero attached hydrogens (tertiary/aromatic N) is 2. The molecule has 1 aromatic rings. The van der Waals surface area contributed by atoms with E-state index < -0.39 is 0 Å². The van der Waals surface area contributed by atoms with E-state index >= 15 is 0 Å². The molecule has 4 nitrogen and oxygen atoms in total. The molecule has 1 aliphatic heterocycles. The van der Waals surface area contributed by atoms with Crippen LogP contribution in [0, 0.1) is 6.92 Å². The van der Waals surface area contributed by atoms with Crippen LogP contribution in [0.25, 0.3) is 0 Å². The molecule has 0 atom stereocenters. The van der Waals surface area contributed by atoms with E-state index in [2.05, 4.69) is 20.9 Å². The summed E-state index contributed by atoms with van der Waals surface area (Å²) in [5, 5.41) is 0. The van der Waals surface area contributed by atoms with Crippen LogP contribution < -0.4 is 5.56 Å². The Bertz CT molecular complexity index is 544. The molecule has 2 aliphatic rings. The fraction of sp³-hybridized carbons (Fsp3) is 0.571. The maximum absolute atomic E-state index is 11.8. The van der Waals surface area contributed by atoms with Crippen LogP contribution in [0.15, 0.2) is 16.4 Å². The second kappa shape index (κ2) is 4.69. The first kappa shape index (κ1) is 11.7. The van der Waals surface area contributed by atoms with Gasteiger partial charge in [0.15, 0.2) is 0 Å². The molecule has 96 valence electrons. The summed E-state index contributed by atoms with van der Waals surface area (Å²) in [6, 6.07) is 0. The highest BCUT2D eigenvalue weighted by atomic mass is 16.1. The van der Waals surface area contributed by atoms with Crippen LogP contribution in [0.5, 0.6) is 0 Å². The molecule has 1 aromatic heterocycles. The molecule has 0 amide bonds.